The molecular formula is C19H19F2N3O3S. The van der Waals surface area contributed by atoms with E-state index in [-0.39, 0.29) is 5.56 Å². The number of carbonyl (C=O) groups is 1. The molecule has 0 aliphatic heterocycles. The molecule has 148 valence electrons. The Kier molecular flexibility index (Phi) is 5.20. The Morgan fingerprint density at radius 1 is 1.32 bits per heavy atom. The number of carbonyl (C=O) groups excluding carboxylic acids is 1. The molecule has 9 heteroatoms. The number of hydrogen-bond acceptors (Lipinski definition) is 4. The molecule has 0 amide bonds. The van der Waals surface area contributed by atoms with Gasteiger partial charge in [-0.25, -0.2) is 22.2 Å². The molecule has 0 bridgehead atoms. The minimum Gasteiger partial charge on any atom is -0.345 e. The fourth-order valence-corrected chi connectivity index (χ4v) is 3.85. The van der Waals surface area contributed by atoms with Crippen molar-refractivity contribution in [2.24, 2.45) is 0 Å². The van der Waals surface area contributed by atoms with Crippen LogP contribution >= 0.6 is 0 Å². The van der Waals surface area contributed by atoms with Gasteiger partial charge in [0.2, 0.25) is 15.8 Å². The number of nitrogens with one attached hydrogen (secondary N) is 2. The number of ketones is 1. The number of H-pyrrole nitrogens is 1. The van der Waals surface area contributed by atoms with E-state index in [9.17, 15) is 22.0 Å². The summed E-state index contributed by atoms with van der Waals surface area (Å²) in [6, 6.07) is 3.50. The highest BCUT2D eigenvalue weighted by atomic mass is 32.2. The van der Waals surface area contributed by atoms with Crippen molar-refractivity contribution in [1.82, 2.24) is 9.97 Å². The van der Waals surface area contributed by atoms with Crippen molar-refractivity contribution in [2.45, 2.75) is 32.4 Å². The van der Waals surface area contributed by atoms with Crippen LogP contribution < -0.4 is 4.72 Å². The van der Waals surface area contributed by atoms with Gasteiger partial charge in [-0.3, -0.25) is 9.52 Å². The molecule has 1 unspecified atom stereocenters. The van der Waals surface area contributed by atoms with E-state index in [1.54, 1.807) is 26.1 Å². The molecule has 3 aromatic rings. The first-order valence-corrected chi connectivity index (χ1v) is 10.2. The normalized spacial score (nSPS) is 12.9. The first kappa shape index (κ1) is 19.9. The second-order valence-corrected chi connectivity index (χ2v) is 8.69. The van der Waals surface area contributed by atoms with Crippen LogP contribution in [0.1, 0.15) is 41.8 Å². The van der Waals surface area contributed by atoms with E-state index in [1.807, 2.05) is 0 Å². The SMILES string of the molecule is CCC(C)S(=O)(=O)Nc1ccc(F)c(C(=O)c2c[nH]c3ncc(C)cc23)c1F. The number of hydrogen-bond donors (Lipinski definition) is 2. The Balaban J connectivity index is 2.09. The lowest BCUT2D eigenvalue weighted by molar-refractivity contribution is 0.103. The Hall–Kier alpha value is -2.81. The number of fused-ring (bicyclic) bond motifs is 1. The van der Waals surface area contributed by atoms with Crippen LogP contribution in [0.3, 0.4) is 0 Å². The molecule has 0 radical (unpaired) electrons. The van der Waals surface area contributed by atoms with E-state index < -0.39 is 43.9 Å². The summed E-state index contributed by atoms with van der Waals surface area (Å²) in [5, 5.41) is -0.354. The van der Waals surface area contributed by atoms with E-state index in [1.165, 1.54) is 13.1 Å². The third-order valence-electron chi connectivity index (χ3n) is 4.59. The zero-order valence-corrected chi connectivity index (χ0v) is 16.3. The van der Waals surface area contributed by atoms with Gasteiger partial charge in [0, 0.05) is 23.3 Å². The van der Waals surface area contributed by atoms with Crippen LogP contribution in [0.25, 0.3) is 11.0 Å². The van der Waals surface area contributed by atoms with E-state index in [0.29, 0.717) is 17.5 Å². The summed E-state index contributed by atoms with van der Waals surface area (Å²) in [7, 11) is -3.88. The molecule has 0 aliphatic carbocycles. The summed E-state index contributed by atoms with van der Waals surface area (Å²) in [4.78, 5) is 19.8. The van der Waals surface area contributed by atoms with Gasteiger partial charge in [0.1, 0.15) is 11.5 Å². The molecule has 2 heterocycles. The minimum absolute atomic E-state index is 0.0472. The van der Waals surface area contributed by atoms with Crippen molar-refractivity contribution < 1.29 is 22.0 Å². The maximum atomic E-state index is 14.9. The number of rotatable bonds is 6. The summed E-state index contributed by atoms with van der Waals surface area (Å²) < 4.78 is 55.8. The first-order chi connectivity index (χ1) is 13.2. The molecule has 1 aromatic carbocycles. The summed E-state index contributed by atoms with van der Waals surface area (Å²) in [5.41, 5.74) is -0.0718. The molecule has 2 aromatic heterocycles. The Morgan fingerprint density at radius 3 is 2.71 bits per heavy atom. The fourth-order valence-electron chi connectivity index (χ4n) is 2.74. The predicted molar refractivity (Wildman–Crippen MR) is 103 cm³/mol. The topological polar surface area (TPSA) is 91.9 Å². The molecule has 6 nitrogen and oxygen atoms in total. The summed E-state index contributed by atoms with van der Waals surface area (Å²) in [6.07, 6.45) is 3.23. The summed E-state index contributed by atoms with van der Waals surface area (Å²) in [5.74, 6) is -3.24. The van der Waals surface area contributed by atoms with E-state index in [2.05, 4.69) is 14.7 Å². The number of aromatic nitrogens is 2. The van der Waals surface area contributed by atoms with Gasteiger partial charge in [0.15, 0.2) is 5.82 Å². The number of sulfonamides is 1. The van der Waals surface area contributed by atoms with Crippen LogP contribution in [0.2, 0.25) is 0 Å². The quantitative estimate of drug-likeness (QED) is 0.606. The van der Waals surface area contributed by atoms with Crippen LogP contribution in [0.5, 0.6) is 0 Å². The van der Waals surface area contributed by atoms with Gasteiger partial charge in [0.25, 0.3) is 0 Å². The average Bonchev–Trinajstić information content (AvgIpc) is 3.06. The largest absolute Gasteiger partial charge is 0.345 e. The second kappa shape index (κ2) is 7.31. The smallest absolute Gasteiger partial charge is 0.235 e. The molecule has 0 spiro atoms. The number of pyridine rings is 1. The van der Waals surface area contributed by atoms with Gasteiger partial charge < -0.3 is 4.98 Å². The zero-order chi connectivity index (χ0) is 20.6. The molecule has 3 rings (SSSR count). The standard InChI is InChI=1S/C19H19F2N3O3S/c1-4-11(3)28(26,27)24-15-6-5-14(20)16(17(15)21)18(25)13-9-23-19-12(13)7-10(2)8-22-19/h5-9,11,24H,4H2,1-3H3,(H,22,23). The zero-order valence-electron chi connectivity index (χ0n) is 15.5. The van der Waals surface area contributed by atoms with Gasteiger partial charge in [-0.15, -0.1) is 0 Å². The molecule has 1 atom stereocenters. The average molecular weight is 407 g/mol. The van der Waals surface area contributed by atoms with Crippen LogP contribution in [-0.2, 0) is 10.0 Å². The molecular weight excluding hydrogens is 388 g/mol. The van der Waals surface area contributed by atoms with Crippen molar-refractivity contribution in [1.29, 1.82) is 0 Å². The third-order valence-corrected chi connectivity index (χ3v) is 6.48. The number of anilines is 1. The van der Waals surface area contributed by atoms with Crippen LogP contribution in [0.4, 0.5) is 14.5 Å². The Bertz CT molecular complexity index is 1170. The molecule has 0 aliphatic rings. The molecule has 0 saturated heterocycles. The number of halogens is 2. The van der Waals surface area contributed by atoms with Crippen LogP contribution in [0, 0.1) is 18.6 Å². The van der Waals surface area contributed by atoms with Crippen molar-refractivity contribution in [3.05, 3.63) is 58.9 Å². The highest BCUT2D eigenvalue weighted by molar-refractivity contribution is 7.93. The van der Waals surface area contributed by atoms with Crippen molar-refractivity contribution in [3.63, 3.8) is 0 Å². The van der Waals surface area contributed by atoms with Crippen molar-refractivity contribution in [2.75, 3.05) is 4.72 Å². The maximum absolute atomic E-state index is 14.9. The molecule has 28 heavy (non-hydrogen) atoms. The Morgan fingerprint density at radius 2 is 2.04 bits per heavy atom. The number of aryl methyl sites for hydroxylation is 1. The van der Waals surface area contributed by atoms with Gasteiger partial charge in [-0.2, -0.15) is 0 Å². The van der Waals surface area contributed by atoms with Gasteiger partial charge in [-0.05, 0) is 44.0 Å². The molecule has 0 saturated carbocycles. The lowest BCUT2D eigenvalue weighted by Crippen LogP contribution is -2.25. The van der Waals surface area contributed by atoms with Crippen LogP contribution in [0.15, 0.2) is 30.6 Å². The van der Waals surface area contributed by atoms with E-state index in [0.717, 1.165) is 17.7 Å². The highest BCUT2D eigenvalue weighted by Gasteiger charge is 2.27. The second-order valence-electron chi connectivity index (χ2n) is 6.59. The Labute approximate surface area is 161 Å². The number of benzene rings is 1. The van der Waals surface area contributed by atoms with Crippen LogP contribution in [-0.4, -0.2) is 29.4 Å². The predicted octanol–water partition coefficient (Wildman–Crippen LogP) is 3.92. The summed E-state index contributed by atoms with van der Waals surface area (Å²) >= 11 is 0. The minimum atomic E-state index is -3.88. The van der Waals surface area contributed by atoms with Gasteiger partial charge >= 0.3 is 0 Å². The van der Waals surface area contributed by atoms with E-state index >= 15 is 0 Å². The monoisotopic (exact) mass is 407 g/mol. The summed E-state index contributed by atoms with van der Waals surface area (Å²) in [6.45, 7) is 4.92. The highest BCUT2D eigenvalue weighted by Crippen LogP contribution is 2.28. The van der Waals surface area contributed by atoms with Gasteiger partial charge in [0.05, 0.1) is 16.5 Å². The first-order valence-electron chi connectivity index (χ1n) is 8.63. The van der Waals surface area contributed by atoms with Crippen molar-refractivity contribution in [3.8, 4) is 0 Å². The maximum Gasteiger partial charge on any atom is 0.235 e. The molecule has 0 fully saturated rings. The molecule has 2 N–H and O–H groups in total. The van der Waals surface area contributed by atoms with E-state index in [4.69, 9.17) is 0 Å². The van der Waals surface area contributed by atoms with Gasteiger partial charge in [-0.1, -0.05) is 6.92 Å². The van der Waals surface area contributed by atoms with Crippen molar-refractivity contribution >= 4 is 32.5 Å². The third kappa shape index (κ3) is 3.49. The lowest BCUT2D eigenvalue weighted by Gasteiger charge is -2.15. The number of nitrogens with zero attached hydrogens (tertiary/aromatic N) is 1. The lowest BCUT2D eigenvalue weighted by atomic mass is 10.0. The fraction of sp³-hybridized carbons (Fsp3) is 0.263. The number of aromatic amines is 1.